The van der Waals surface area contributed by atoms with E-state index in [9.17, 15) is 0 Å². The topological polar surface area (TPSA) is 54.8 Å². The van der Waals surface area contributed by atoms with Crippen LogP contribution in [-0.4, -0.2) is 27.0 Å². The Labute approximate surface area is 161 Å². The van der Waals surface area contributed by atoms with Crippen molar-refractivity contribution in [1.82, 2.24) is 19.9 Å². The number of nitrogens with zero attached hydrogens (tertiary/aromatic N) is 5. The van der Waals surface area contributed by atoms with Crippen molar-refractivity contribution in [2.45, 2.75) is 25.3 Å². The van der Waals surface area contributed by atoms with Gasteiger partial charge in [0, 0.05) is 36.3 Å². The average Bonchev–Trinajstić information content (AvgIpc) is 3.48. The maximum absolute atomic E-state index is 4.99. The van der Waals surface area contributed by atoms with Gasteiger partial charge in [0.15, 0.2) is 0 Å². The second kappa shape index (κ2) is 6.70. The first-order valence-corrected chi connectivity index (χ1v) is 9.98. The molecule has 0 amide bonds. The SMILES string of the molecule is CN(Cc1cnccn1)c1nc(C2CC2)nc2scc(-c3ccccc3)c12. The van der Waals surface area contributed by atoms with Crippen molar-refractivity contribution < 1.29 is 0 Å². The largest absolute Gasteiger partial charge is 0.353 e. The van der Waals surface area contributed by atoms with Crippen LogP contribution in [0.5, 0.6) is 0 Å². The van der Waals surface area contributed by atoms with Crippen molar-refractivity contribution in [3.63, 3.8) is 0 Å². The lowest BCUT2D eigenvalue weighted by Gasteiger charge is -2.20. The van der Waals surface area contributed by atoms with Crippen LogP contribution in [0.1, 0.15) is 30.3 Å². The first kappa shape index (κ1) is 16.3. The first-order valence-electron chi connectivity index (χ1n) is 9.10. The summed E-state index contributed by atoms with van der Waals surface area (Å²) in [6.45, 7) is 0.661. The molecule has 5 rings (SSSR count). The Morgan fingerprint density at radius 1 is 1.11 bits per heavy atom. The Balaban J connectivity index is 1.64. The van der Waals surface area contributed by atoms with E-state index >= 15 is 0 Å². The zero-order chi connectivity index (χ0) is 18.2. The zero-order valence-electron chi connectivity index (χ0n) is 15.0. The van der Waals surface area contributed by atoms with Gasteiger partial charge in [-0.2, -0.15) is 0 Å². The molecule has 1 saturated carbocycles. The summed E-state index contributed by atoms with van der Waals surface area (Å²) in [7, 11) is 2.07. The monoisotopic (exact) mass is 373 g/mol. The van der Waals surface area contributed by atoms with Crippen molar-refractivity contribution in [3.8, 4) is 11.1 Å². The molecule has 3 heterocycles. The van der Waals surface area contributed by atoms with Gasteiger partial charge in [0.1, 0.15) is 16.5 Å². The highest BCUT2D eigenvalue weighted by atomic mass is 32.1. The van der Waals surface area contributed by atoms with Gasteiger partial charge in [-0.05, 0) is 18.4 Å². The molecule has 1 aliphatic rings. The van der Waals surface area contributed by atoms with E-state index in [4.69, 9.17) is 9.97 Å². The number of hydrogen-bond donors (Lipinski definition) is 0. The Hall–Kier alpha value is -2.86. The summed E-state index contributed by atoms with van der Waals surface area (Å²) < 4.78 is 0. The van der Waals surface area contributed by atoms with E-state index in [1.165, 1.54) is 24.0 Å². The van der Waals surface area contributed by atoms with Crippen LogP contribution in [0, 0.1) is 0 Å². The van der Waals surface area contributed by atoms with Crippen molar-refractivity contribution in [2.75, 3.05) is 11.9 Å². The summed E-state index contributed by atoms with van der Waals surface area (Å²) in [6.07, 6.45) is 7.62. The number of rotatable bonds is 5. The molecular formula is C21H19N5S. The van der Waals surface area contributed by atoms with E-state index in [2.05, 4.69) is 51.6 Å². The molecule has 0 atom stereocenters. The van der Waals surface area contributed by atoms with Crippen LogP contribution in [-0.2, 0) is 6.54 Å². The Kier molecular flexibility index (Phi) is 4.05. The molecule has 0 radical (unpaired) electrons. The van der Waals surface area contributed by atoms with Crippen LogP contribution < -0.4 is 4.90 Å². The molecule has 1 fully saturated rings. The molecule has 6 heteroatoms. The van der Waals surface area contributed by atoms with Gasteiger partial charge < -0.3 is 4.90 Å². The van der Waals surface area contributed by atoms with Crippen molar-refractivity contribution in [2.24, 2.45) is 0 Å². The number of benzene rings is 1. The van der Waals surface area contributed by atoms with Gasteiger partial charge >= 0.3 is 0 Å². The van der Waals surface area contributed by atoms with Gasteiger partial charge in [0.2, 0.25) is 0 Å². The maximum Gasteiger partial charge on any atom is 0.141 e. The highest BCUT2D eigenvalue weighted by Crippen LogP contribution is 2.43. The molecule has 1 aliphatic carbocycles. The van der Waals surface area contributed by atoms with Crippen LogP contribution in [0.4, 0.5) is 5.82 Å². The predicted molar refractivity (Wildman–Crippen MR) is 109 cm³/mol. The summed E-state index contributed by atoms with van der Waals surface area (Å²) in [5.41, 5.74) is 3.32. The number of aromatic nitrogens is 4. The minimum atomic E-state index is 0.514. The second-order valence-corrected chi connectivity index (χ2v) is 7.79. The van der Waals surface area contributed by atoms with Gasteiger partial charge in [-0.15, -0.1) is 11.3 Å². The molecule has 134 valence electrons. The minimum absolute atomic E-state index is 0.514. The summed E-state index contributed by atoms with van der Waals surface area (Å²) in [5.74, 6) is 2.47. The third kappa shape index (κ3) is 3.17. The Bertz CT molecular complexity index is 1070. The summed E-state index contributed by atoms with van der Waals surface area (Å²) >= 11 is 1.70. The molecule has 3 aromatic heterocycles. The lowest BCUT2D eigenvalue weighted by molar-refractivity contribution is 0.842. The fraction of sp³-hybridized carbons (Fsp3) is 0.238. The number of fused-ring (bicyclic) bond motifs is 1. The van der Waals surface area contributed by atoms with E-state index in [1.54, 1.807) is 23.7 Å². The molecule has 5 nitrogen and oxygen atoms in total. The van der Waals surface area contributed by atoms with Crippen LogP contribution >= 0.6 is 11.3 Å². The fourth-order valence-electron chi connectivity index (χ4n) is 3.30. The first-order chi connectivity index (χ1) is 13.3. The number of hydrogen-bond acceptors (Lipinski definition) is 6. The molecule has 0 N–H and O–H groups in total. The highest BCUT2D eigenvalue weighted by Gasteiger charge is 2.29. The fourth-order valence-corrected chi connectivity index (χ4v) is 4.25. The lowest BCUT2D eigenvalue weighted by atomic mass is 10.1. The van der Waals surface area contributed by atoms with Gasteiger partial charge in [-0.25, -0.2) is 9.97 Å². The van der Waals surface area contributed by atoms with Crippen LogP contribution in [0.3, 0.4) is 0 Å². The normalized spacial score (nSPS) is 13.8. The Morgan fingerprint density at radius 2 is 1.96 bits per heavy atom. The number of thiophene rings is 1. The van der Waals surface area contributed by atoms with E-state index in [1.807, 2.05) is 12.3 Å². The van der Waals surface area contributed by atoms with E-state index in [0.717, 1.165) is 27.6 Å². The summed E-state index contributed by atoms with van der Waals surface area (Å²) in [6, 6.07) is 10.5. The molecule has 4 aromatic rings. The van der Waals surface area contributed by atoms with Crippen LogP contribution in [0.15, 0.2) is 54.3 Å². The molecular weight excluding hydrogens is 354 g/mol. The lowest BCUT2D eigenvalue weighted by Crippen LogP contribution is -2.19. The smallest absolute Gasteiger partial charge is 0.141 e. The molecule has 0 aliphatic heterocycles. The number of anilines is 1. The van der Waals surface area contributed by atoms with Crippen LogP contribution in [0.25, 0.3) is 21.3 Å². The standard InChI is InChI=1S/C21H19N5S/c1-26(12-16-11-22-9-10-23-16)20-18-17(14-5-3-2-4-6-14)13-27-21(18)25-19(24-20)15-7-8-15/h2-6,9-11,13,15H,7-8,12H2,1H3. The molecule has 0 saturated heterocycles. The molecule has 0 spiro atoms. The second-order valence-electron chi connectivity index (χ2n) is 6.93. The molecule has 0 unspecified atom stereocenters. The van der Waals surface area contributed by atoms with Gasteiger partial charge in [0.25, 0.3) is 0 Å². The van der Waals surface area contributed by atoms with Crippen molar-refractivity contribution in [1.29, 1.82) is 0 Å². The van der Waals surface area contributed by atoms with E-state index < -0.39 is 0 Å². The quantitative estimate of drug-likeness (QED) is 0.509. The van der Waals surface area contributed by atoms with E-state index in [-0.39, 0.29) is 0 Å². The molecule has 1 aromatic carbocycles. The summed E-state index contributed by atoms with van der Waals surface area (Å²) in [4.78, 5) is 21.7. The highest BCUT2D eigenvalue weighted by molar-refractivity contribution is 7.17. The molecule has 27 heavy (non-hydrogen) atoms. The maximum atomic E-state index is 4.99. The van der Waals surface area contributed by atoms with Gasteiger partial charge in [-0.3, -0.25) is 9.97 Å². The van der Waals surface area contributed by atoms with Crippen molar-refractivity contribution in [3.05, 3.63) is 65.8 Å². The molecule has 0 bridgehead atoms. The van der Waals surface area contributed by atoms with Crippen molar-refractivity contribution >= 4 is 27.4 Å². The third-order valence-corrected chi connectivity index (χ3v) is 5.71. The van der Waals surface area contributed by atoms with Crippen LogP contribution in [0.2, 0.25) is 0 Å². The zero-order valence-corrected chi connectivity index (χ0v) is 15.9. The average molecular weight is 373 g/mol. The van der Waals surface area contributed by atoms with E-state index in [0.29, 0.717) is 12.5 Å². The predicted octanol–water partition coefficient (Wildman–Crippen LogP) is 4.66. The minimum Gasteiger partial charge on any atom is -0.353 e. The Morgan fingerprint density at radius 3 is 2.70 bits per heavy atom. The van der Waals surface area contributed by atoms with Gasteiger partial charge in [0.05, 0.1) is 23.8 Å². The third-order valence-electron chi connectivity index (χ3n) is 4.84. The summed E-state index contributed by atoms with van der Waals surface area (Å²) in [5, 5.41) is 3.33. The van der Waals surface area contributed by atoms with Gasteiger partial charge in [-0.1, -0.05) is 30.3 Å².